The average molecular weight is 418 g/mol. The molecular weight excluding hydrogens is 392 g/mol. The summed E-state index contributed by atoms with van der Waals surface area (Å²) in [4.78, 5) is 14.5. The summed E-state index contributed by atoms with van der Waals surface area (Å²) in [5.41, 5.74) is 0.0865. The number of nitrogens with zero attached hydrogens (tertiary/aromatic N) is 3. The van der Waals surface area contributed by atoms with Crippen LogP contribution in [0.3, 0.4) is 0 Å². The number of carbonyl (C=O) groups excluding carboxylic acids is 1. The second-order valence-corrected chi connectivity index (χ2v) is 7.75. The number of sulfone groups is 1. The number of anilines is 1. The summed E-state index contributed by atoms with van der Waals surface area (Å²) in [6.45, 7) is 5.76. The Morgan fingerprint density at radius 1 is 1.14 bits per heavy atom. The number of quaternary nitrogens is 1. The number of hydroxylamine groups is 2. The van der Waals surface area contributed by atoms with Gasteiger partial charge >= 0.3 is 5.91 Å². The Hall–Kier alpha value is -2.19. The molecule has 0 radical (unpaired) electrons. The van der Waals surface area contributed by atoms with Gasteiger partial charge in [0.2, 0.25) is 9.84 Å². The third-order valence-electron chi connectivity index (χ3n) is 4.48. The number of benzene rings is 1. The number of hydrogen-bond donors (Lipinski definition) is 1. The molecule has 158 valence electrons. The first-order valence-corrected chi connectivity index (χ1v) is 9.59. The monoisotopic (exact) mass is 418 g/mol. The molecule has 1 unspecified atom stereocenters. The molecule has 1 atom stereocenters. The van der Waals surface area contributed by atoms with Crippen molar-refractivity contribution in [3.8, 4) is 0 Å². The van der Waals surface area contributed by atoms with Crippen LogP contribution in [0.4, 0.5) is 5.69 Å². The summed E-state index contributed by atoms with van der Waals surface area (Å²) in [6.07, 6.45) is 1.00. The molecule has 3 rings (SSSR count). The molecule has 0 bridgehead atoms. The lowest BCUT2D eigenvalue weighted by molar-refractivity contribution is -0.808. The average Bonchev–Trinajstić information content (AvgIpc) is 2.60. The van der Waals surface area contributed by atoms with Gasteiger partial charge in [0.25, 0.3) is 0 Å². The van der Waals surface area contributed by atoms with Gasteiger partial charge in [0, 0.05) is 0 Å². The molecule has 11 nitrogen and oxygen atoms in total. The minimum Gasteiger partial charge on any atom is -0.597 e. The molecule has 2 heterocycles. The van der Waals surface area contributed by atoms with Gasteiger partial charge in [0.1, 0.15) is 17.7 Å². The van der Waals surface area contributed by atoms with Crippen LogP contribution in [0.25, 0.3) is 0 Å². The van der Waals surface area contributed by atoms with E-state index in [-0.39, 0.29) is 38.5 Å². The van der Waals surface area contributed by atoms with Gasteiger partial charge in [0.15, 0.2) is 5.70 Å². The lowest BCUT2D eigenvalue weighted by Crippen LogP contribution is -2.52. The molecule has 7 N–H and O–H groups in total. The molecule has 0 saturated heterocycles. The lowest BCUT2D eigenvalue weighted by Gasteiger charge is -2.38. The highest BCUT2D eigenvalue weighted by atomic mass is 32.2. The van der Waals surface area contributed by atoms with E-state index >= 15 is 0 Å². The van der Waals surface area contributed by atoms with Gasteiger partial charge in [-0.05, 0) is 25.2 Å². The van der Waals surface area contributed by atoms with Gasteiger partial charge in [-0.25, -0.2) is 13.2 Å². The van der Waals surface area contributed by atoms with Crippen LogP contribution in [0, 0.1) is 5.21 Å². The smallest absolute Gasteiger partial charge is 0.389 e. The third kappa shape index (κ3) is 4.12. The van der Waals surface area contributed by atoms with Crippen molar-refractivity contribution in [1.29, 1.82) is 0 Å². The molecule has 2 aliphatic heterocycles. The maximum atomic E-state index is 12.9. The van der Waals surface area contributed by atoms with Crippen molar-refractivity contribution in [3.05, 3.63) is 40.1 Å². The van der Waals surface area contributed by atoms with E-state index < -0.39 is 20.5 Å². The summed E-state index contributed by atoms with van der Waals surface area (Å²) < 4.78 is 23.9. The zero-order chi connectivity index (χ0) is 18.2. The van der Waals surface area contributed by atoms with Crippen LogP contribution < -0.4 is 5.32 Å². The summed E-state index contributed by atoms with van der Waals surface area (Å²) in [5.74, 6) is -0.886. The van der Waals surface area contributed by atoms with E-state index in [0.29, 0.717) is 12.2 Å². The minimum absolute atomic E-state index is 0. The first-order chi connectivity index (χ1) is 11.8. The Morgan fingerprint density at radius 2 is 1.75 bits per heavy atom. The van der Waals surface area contributed by atoms with Crippen LogP contribution in [-0.2, 0) is 14.6 Å². The van der Waals surface area contributed by atoms with E-state index in [2.05, 4.69) is 10.4 Å². The van der Waals surface area contributed by atoms with E-state index in [0.717, 1.165) is 19.3 Å². The highest BCUT2D eigenvalue weighted by Gasteiger charge is 2.44. The Bertz CT molecular complexity index is 881. The molecule has 0 aliphatic carbocycles. The first kappa shape index (κ1) is 25.8. The van der Waals surface area contributed by atoms with Gasteiger partial charge < -0.3 is 27.0 Å². The highest BCUT2D eigenvalue weighted by molar-refractivity contribution is 7.96. The fourth-order valence-corrected chi connectivity index (χ4v) is 4.39. The number of rotatable bonds is 5. The normalized spacial score (nSPS) is 21.5. The standard InChI is InChI=1S/C16H20N4O4S.3H2O/c1-3-19(4-2)9-10-20(22)16(21)15-14(11-17-20)25(23,24)13-8-6-5-7-12(13)18-15;;;/h5-8,11,18H,3-4,9-10H2,1-2H3;3*1H2. The SMILES string of the molecule is CCN(CC)CC[N+]1([O-])N=CC2=C(Nc3ccccc3S2(=O)=O)C1=O.O.O.O. The number of hydrogen-bond acceptors (Lipinski definition) is 7. The Kier molecular flexibility index (Phi) is 8.61. The molecule has 0 fully saturated rings. The Labute approximate surface area is 163 Å². The number of carbonyl (C=O) groups is 1. The number of para-hydroxylation sites is 1. The number of amides is 1. The van der Waals surface area contributed by atoms with Crippen molar-refractivity contribution in [3.63, 3.8) is 0 Å². The maximum Gasteiger partial charge on any atom is 0.389 e. The number of allylic oxidation sites excluding steroid dienone is 1. The topological polar surface area (TPSA) is 196 Å². The van der Waals surface area contributed by atoms with E-state index in [4.69, 9.17) is 0 Å². The fourth-order valence-electron chi connectivity index (χ4n) is 2.90. The van der Waals surface area contributed by atoms with Crippen molar-refractivity contribution in [2.45, 2.75) is 18.7 Å². The summed E-state index contributed by atoms with van der Waals surface area (Å²) >= 11 is 0. The van der Waals surface area contributed by atoms with Crippen LogP contribution >= 0.6 is 0 Å². The zero-order valence-corrected chi connectivity index (χ0v) is 16.4. The molecule has 0 spiro atoms. The van der Waals surface area contributed by atoms with Crippen molar-refractivity contribution in [2.24, 2.45) is 5.10 Å². The number of nitrogens with one attached hydrogen (secondary N) is 1. The molecular formula is C16H26N4O7S. The molecule has 0 aromatic heterocycles. The molecule has 28 heavy (non-hydrogen) atoms. The van der Waals surface area contributed by atoms with Crippen LogP contribution in [0.15, 0.2) is 44.9 Å². The minimum atomic E-state index is -3.88. The van der Waals surface area contributed by atoms with Crippen molar-refractivity contribution >= 4 is 27.6 Å². The maximum absolute atomic E-state index is 12.9. The van der Waals surface area contributed by atoms with E-state index in [1.807, 2.05) is 18.7 Å². The zero-order valence-electron chi connectivity index (χ0n) is 15.6. The third-order valence-corrected chi connectivity index (χ3v) is 6.30. The van der Waals surface area contributed by atoms with E-state index in [1.54, 1.807) is 18.2 Å². The van der Waals surface area contributed by atoms with E-state index in [1.165, 1.54) is 6.07 Å². The number of likely N-dealkylation sites (N-methyl/N-ethyl adjacent to an activating group) is 1. The quantitative estimate of drug-likeness (QED) is 0.460. The molecule has 1 aromatic rings. The van der Waals surface area contributed by atoms with Crippen LogP contribution in [-0.4, -0.2) is 72.8 Å². The van der Waals surface area contributed by atoms with Crippen LogP contribution in [0.1, 0.15) is 13.8 Å². The Balaban J connectivity index is 0.00000243. The Morgan fingerprint density at radius 3 is 2.36 bits per heavy atom. The van der Waals surface area contributed by atoms with Gasteiger partial charge in [-0.3, -0.25) is 4.90 Å². The van der Waals surface area contributed by atoms with Crippen LogP contribution in [0.5, 0.6) is 0 Å². The predicted molar refractivity (Wildman–Crippen MR) is 105 cm³/mol. The molecule has 12 heteroatoms. The van der Waals surface area contributed by atoms with Gasteiger partial charge in [-0.1, -0.05) is 31.1 Å². The summed E-state index contributed by atoms with van der Waals surface area (Å²) in [6, 6.07) is 6.27. The first-order valence-electron chi connectivity index (χ1n) is 8.11. The van der Waals surface area contributed by atoms with Gasteiger partial charge in [0.05, 0.1) is 17.1 Å². The molecule has 2 aliphatic rings. The molecule has 0 saturated carbocycles. The molecule has 1 aromatic carbocycles. The lowest BCUT2D eigenvalue weighted by atomic mass is 10.2. The number of fused-ring (bicyclic) bond motifs is 1. The van der Waals surface area contributed by atoms with Crippen molar-refractivity contribution < 1.29 is 34.4 Å². The summed E-state index contributed by atoms with van der Waals surface area (Å²) in [7, 11) is -3.88. The fraction of sp³-hybridized carbons (Fsp3) is 0.375. The van der Waals surface area contributed by atoms with E-state index in [9.17, 15) is 18.4 Å². The predicted octanol–water partition coefficient (Wildman–Crippen LogP) is -1.19. The molecule has 1 amide bonds. The van der Waals surface area contributed by atoms with Crippen molar-refractivity contribution in [2.75, 3.05) is 31.5 Å². The van der Waals surface area contributed by atoms with Gasteiger partial charge in [-0.2, -0.15) is 4.76 Å². The second-order valence-electron chi connectivity index (χ2n) is 5.87. The second kappa shape index (κ2) is 9.34. The van der Waals surface area contributed by atoms with Crippen molar-refractivity contribution in [1.82, 2.24) is 4.90 Å². The van der Waals surface area contributed by atoms with Gasteiger partial charge in [-0.15, -0.1) is 0 Å². The summed E-state index contributed by atoms with van der Waals surface area (Å²) in [5, 5.41) is 19.4. The largest absolute Gasteiger partial charge is 0.597 e. The highest BCUT2D eigenvalue weighted by Crippen LogP contribution is 2.36. The van der Waals surface area contributed by atoms with Crippen LogP contribution in [0.2, 0.25) is 0 Å².